The number of rotatable bonds is 6. The van der Waals surface area contributed by atoms with Crippen molar-refractivity contribution < 1.29 is 14.3 Å². The highest BCUT2D eigenvalue weighted by molar-refractivity contribution is 5.86. The zero-order valence-electron chi connectivity index (χ0n) is 17.0. The molecule has 7 nitrogen and oxygen atoms in total. The van der Waals surface area contributed by atoms with Gasteiger partial charge in [0.15, 0.2) is 0 Å². The van der Waals surface area contributed by atoms with Gasteiger partial charge in [-0.2, -0.15) is 5.10 Å². The van der Waals surface area contributed by atoms with Crippen molar-refractivity contribution in [2.75, 3.05) is 19.7 Å². The third kappa shape index (κ3) is 3.81. The van der Waals surface area contributed by atoms with Crippen LogP contribution in [0.25, 0.3) is 0 Å². The summed E-state index contributed by atoms with van der Waals surface area (Å²) in [6, 6.07) is 1.82. The average Bonchev–Trinajstić information content (AvgIpc) is 3.07. The number of aromatic amines is 1. The third-order valence-corrected chi connectivity index (χ3v) is 6.93. The predicted octanol–water partition coefficient (Wildman–Crippen LogP) is 2.04. The van der Waals surface area contributed by atoms with E-state index in [0.717, 1.165) is 63.9 Å². The molecule has 3 heterocycles. The minimum absolute atomic E-state index is 0.00284. The molecular weight excluding hydrogens is 356 g/mol. The molecule has 0 bridgehead atoms. The summed E-state index contributed by atoms with van der Waals surface area (Å²) in [4.78, 5) is 27.6. The van der Waals surface area contributed by atoms with Gasteiger partial charge < -0.3 is 15.0 Å². The number of amides is 2. The molecule has 2 N–H and O–H groups in total. The van der Waals surface area contributed by atoms with Crippen molar-refractivity contribution >= 4 is 11.8 Å². The summed E-state index contributed by atoms with van der Waals surface area (Å²) in [6.07, 6.45) is 8.00. The van der Waals surface area contributed by atoms with Crippen LogP contribution >= 0.6 is 0 Å². The number of nitrogens with zero attached hydrogens (tertiary/aromatic N) is 2. The fourth-order valence-electron chi connectivity index (χ4n) is 5.00. The van der Waals surface area contributed by atoms with Gasteiger partial charge in [-0.15, -0.1) is 0 Å². The molecule has 1 saturated carbocycles. The number of H-pyrrole nitrogens is 1. The van der Waals surface area contributed by atoms with Gasteiger partial charge in [0, 0.05) is 37.1 Å². The third-order valence-electron chi connectivity index (χ3n) is 6.93. The number of carbonyl (C=O) groups is 2. The van der Waals surface area contributed by atoms with E-state index in [1.807, 2.05) is 11.0 Å². The zero-order valence-corrected chi connectivity index (χ0v) is 17.0. The van der Waals surface area contributed by atoms with Gasteiger partial charge in [-0.25, -0.2) is 0 Å². The van der Waals surface area contributed by atoms with E-state index >= 15 is 0 Å². The molecule has 2 saturated heterocycles. The molecule has 154 valence electrons. The van der Waals surface area contributed by atoms with E-state index in [9.17, 15) is 9.59 Å². The van der Waals surface area contributed by atoms with Crippen LogP contribution in [-0.4, -0.2) is 58.3 Å². The van der Waals surface area contributed by atoms with Crippen molar-refractivity contribution in [2.24, 2.45) is 11.3 Å². The first-order valence-corrected chi connectivity index (χ1v) is 10.6. The van der Waals surface area contributed by atoms with E-state index < -0.39 is 0 Å². The Morgan fingerprint density at radius 2 is 2.07 bits per heavy atom. The Labute approximate surface area is 166 Å². The maximum absolute atomic E-state index is 13.1. The summed E-state index contributed by atoms with van der Waals surface area (Å²) in [7, 11) is 0. The number of ether oxygens (including phenoxy) is 1. The summed E-state index contributed by atoms with van der Waals surface area (Å²) in [5, 5.41) is 9.90. The summed E-state index contributed by atoms with van der Waals surface area (Å²) < 4.78 is 5.85. The first-order chi connectivity index (χ1) is 13.4. The van der Waals surface area contributed by atoms with Crippen LogP contribution in [0.4, 0.5) is 0 Å². The fraction of sp³-hybridized carbons (Fsp3) is 0.762. The SMILES string of the molecule is CC(C)(NC(=O)Cc1ccn[nH]1)C1CCN(C(=O)C2(C3CCCO3)CC2)CC1. The highest BCUT2D eigenvalue weighted by atomic mass is 16.5. The smallest absolute Gasteiger partial charge is 0.231 e. The second kappa shape index (κ2) is 7.50. The maximum atomic E-state index is 13.1. The van der Waals surface area contributed by atoms with Crippen LogP contribution in [0.1, 0.15) is 58.1 Å². The summed E-state index contributed by atoms with van der Waals surface area (Å²) in [5.74, 6) is 0.669. The molecule has 1 aliphatic carbocycles. The number of piperidine rings is 1. The normalized spacial score (nSPS) is 24.9. The van der Waals surface area contributed by atoms with Gasteiger partial charge in [-0.05, 0) is 64.4 Å². The lowest BCUT2D eigenvalue weighted by atomic mass is 9.79. The lowest BCUT2D eigenvalue weighted by Crippen LogP contribution is -2.54. The summed E-state index contributed by atoms with van der Waals surface area (Å²) in [5.41, 5.74) is 0.299. The van der Waals surface area contributed by atoms with Crippen LogP contribution in [0.2, 0.25) is 0 Å². The molecule has 0 radical (unpaired) electrons. The monoisotopic (exact) mass is 388 g/mol. The molecular formula is C21H32N4O3. The van der Waals surface area contributed by atoms with Gasteiger partial charge in [0.2, 0.25) is 11.8 Å². The van der Waals surface area contributed by atoms with E-state index in [4.69, 9.17) is 4.74 Å². The molecule has 1 unspecified atom stereocenters. The van der Waals surface area contributed by atoms with Gasteiger partial charge in [0.25, 0.3) is 0 Å². The minimum atomic E-state index is -0.294. The summed E-state index contributed by atoms with van der Waals surface area (Å²) >= 11 is 0. The second-order valence-corrected chi connectivity index (χ2v) is 9.25. The number of carbonyl (C=O) groups excluding carboxylic acids is 2. The Hall–Kier alpha value is -1.89. The number of hydrogen-bond donors (Lipinski definition) is 2. The highest BCUT2D eigenvalue weighted by Crippen LogP contribution is 2.54. The highest BCUT2D eigenvalue weighted by Gasteiger charge is 2.58. The molecule has 3 fully saturated rings. The van der Waals surface area contributed by atoms with Gasteiger partial charge in [-0.3, -0.25) is 14.7 Å². The van der Waals surface area contributed by atoms with E-state index in [2.05, 4.69) is 29.4 Å². The first kappa shape index (κ1) is 19.4. The Kier molecular flexibility index (Phi) is 5.21. The molecule has 1 aromatic rings. The molecule has 28 heavy (non-hydrogen) atoms. The van der Waals surface area contributed by atoms with E-state index in [1.165, 1.54) is 0 Å². The molecule has 0 aromatic carbocycles. The van der Waals surface area contributed by atoms with Crippen molar-refractivity contribution in [1.29, 1.82) is 0 Å². The second-order valence-electron chi connectivity index (χ2n) is 9.25. The van der Waals surface area contributed by atoms with Crippen LogP contribution in [0, 0.1) is 11.3 Å². The van der Waals surface area contributed by atoms with Crippen LogP contribution in [-0.2, 0) is 20.7 Å². The van der Waals surface area contributed by atoms with Gasteiger partial charge >= 0.3 is 0 Å². The average molecular weight is 389 g/mol. The number of likely N-dealkylation sites (tertiary alicyclic amines) is 1. The molecule has 1 atom stereocenters. The Bertz CT molecular complexity index is 697. The van der Waals surface area contributed by atoms with Gasteiger partial charge in [-0.1, -0.05) is 0 Å². The summed E-state index contributed by atoms with van der Waals surface area (Å²) in [6.45, 7) is 6.54. The molecule has 3 aliphatic rings. The van der Waals surface area contributed by atoms with Crippen molar-refractivity contribution in [3.05, 3.63) is 18.0 Å². The van der Waals surface area contributed by atoms with E-state index in [1.54, 1.807) is 6.20 Å². The lowest BCUT2D eigenvalue weighted by molar-refractivity contribution is -0.144. The topological polar surface area (TPSA) is 87.3 Å². The van der Waals surface area contributed by atoms with Gasteiger partial charge in [0.05, 0.1) is 17.9 Å². The Morgan fingerprint density at radius 3 is 2.64 bits per heavy atom. The van der Waals surface area contributed by atoms with Crippen LogP contribution < -0.4 is 5.32 Å². The van der Waals surface area contributed by atoms with Crippen LogP contribution in [0.3, 0.4) is 0 Å². The zero-order chi connectivity index (χ0) is 19.8. The number of nitrogens with one attached hydrogen (secondary N) is 2. The van der Waals surface area contributed by atoms with Crippen molar-refractivity contribution in [1.82, 2.24) is 20.4 Å². The standard InChI is InChI=1S/C21H32N4O3/c1-20(2,23-18(26)14-16-5-10-22-24-16)15-6-11-25(12-7-15)19(27)21(8-9-21)17-4-3-13-28-17/h5,10,15,17H,3-4,6-9,11-14H2,1-2H3,(H,22,24)(H,23,26). The molecule has 7 heteroatoms. The molecule has 4 rings (SSSR count). The van der Waals surface area contributed by atoms with Crippen molar-refractivity contribution in [2.45, 2.75) is 70.4 Å². The molecule has 2 amide bonds. The van der Waals surface area contributed by atoms with Crippen molar-refractivity contribution in [3.63, 3.8) is 0 Å². The molecule has 2 aliphatic heterocycles. The van der Waals surface area contributed by atoms with Gasteiger partial charge in [0.1, 0.15) is 0 Å². The molecule has 0 spiro atoms. The van der Waals surface area contributed by atoms with E-state index in [-0.39, 0.29) is 23.0 Å². The van der Waals surface area contributed by atoms with E-state index in [0.29, 0.717) is 18.2 Å². The number of aromatic nitrogens is 2. The lowest BCUT2D eigenvalue weighted by Gasteiger charge is -2.42. The minimum Gasteiger partial charge on any atom is -0.377 e. The first-order valence-electron chi connectivity index (χ1n) is 10.6. The van der Waals surface area contributed by atoms with Crippen molar-refractivity contribution in [3.8, 4) is 0 Å². The largest absolute Gasteiger partial charge is 0.377 e. The quantitative estimate of drug-likeness (QED) is 0.781. The fourth-order valence-corrected chi connectivity index (χ4v) is 5.00. The maximum Gasteiger partial charge on any atom is 0.231 e. The molecule has 1 aromatic heterocycles. The van der Waals surface area contributed by atoms with Crippen LogP contribution in [0.15, 0.2) is 12.3 Å². The number of hydrogen-bond acceptors (Lipinski definition) is 4. The predicted molar refractivity (Wildman–Crippen MR) is 104 cm³/mol. The Balaban J connectivity index is 1.29. The van der Waals surface area contributed by atoms with Crippen LogP contribution in [0.5, 0.6) is 0 Å². The Morgan fingerprint density at radius 1 is 1.32 bits per heavy atom.